The molecule has 6 heteroatoms. The summed E-state index contributed by atoms with van der Waals surface area (Å²) in [6.45, 7) is 3.18. The average Bonchev–Trinajstić information content (AvgIpc) is 2.57. The van der Waals surface area contributed by atoms with E-state index in [4.69, 9.17) is 5.26 Å². The Morgan fingerprint density at radius 1 is 1.71 bits per heavy atom. The van der Waals surface area contributed by atoms with E-state index in [1.165, 1.54) is 0 Å². The number of nitrogens with zero attached hydrogens (tertiary/aromatic N) is 1. The number of sulfonamides is 1. The van der Waals surface area contributed by atoms with Crippen LogP contribution in [0.25, 0.3) is 0 Å². The number of hydrogen-bond acceptors (Lipinski definition) is 4. The molecular formula is C8H15N3O2S. The SMILES string of the molecule is CCC(C#N)S(=O)(=O)NC1CCNC1. The van der Waals surface area contributed by atoms with Crippen LogP contribution in [0.5, 0.6) is 0 Å². The number of nitriles is 1. The van der Waals surface area contributed by atoms with Crippen molar-refractivity contribution in [3.05, 3.63) is 0 Å². The second kappa shape index (κ2) is 4.73. The van der Waals surface area contributed by atoms with Crippen LogP contribution in [-0.2, 0) is 10.0 Å². The van der Waals surface area contributed by atoms with Crippen molar-refractivity contribution in [3.63, 3.8) is 0 Å². The van der Waals surface area contributed by atoms with Crippen molar-refractivity contribution in [2.45, 2.75) is 31.1 Å². The van der Waals surface area contributed by atoms with Crippen LogP contribution in [0, 0.1) is 11.3 Å². The fraction of sp³-hybridized carbons (Fsp3) is 0.875. The molecule has 0 aromatic rings. The van der Waals surface area contributed by atoms with Gasteiger partial charge >= 0.3 is 0 Å². The molecule has 2 atom stereocenters. The number of rotatable bonds is 4. The van der Waals surface area contributed by atoms with Gasteiger partial charge in [0.25, 0.3) is 0 Å². The Kier molecular flexibility index (Phi) is 3.86. The first kappa shape index (κ1) is 11.4. The van der Waals surface area contributed by atoms with Crippen LogP contribution < -0.4 is 10.0 Å². The van der Waals surface area contributed by atoms with Gasteiger partial charge in [-0.1, -0.05) is 6.92 Å². The molecule has 1 fully saturated rings. The molecule has 0 bridgehead atoms. The Morgan fingerprint density at radius 3 is 2.86 bits per heavy atom. The Hall–Kier alpha value is -0.640. The molecule has 0 amide bonds. The summed E-state index contributed by atoms with van der Waals surface area (Å²) >= 11 is 0. The summed E-state index contributed by atoms with van der Waals surface area (Å²) in [5.74, 6) is 0. The summed E-state index contributed by atoms with van der Waals surface area (Å²) in [6, 6.07) is 1.74. The molecule has 0 aliphatic carbocycles. The minimum atomic E-state index is -3.46. The molecule has 0 spiro atoms. The van der Waals surface area contributed by atoms with Crippen LogP contribution in [-0.4, -0.2) is 32.8 Å². The molecule has 1 saturated heterocycles. The number of nitrogens with one attached hydrogen (secondary N) is 2. The lowest BCUT2D eigenvalue weighted by Gasteiger charge is -2.14. The smallest absolute Gasteiger partial charge is 0.228 e. The first-order chi connectivity index (χ1) is 6.60. The van der Waals surface area contributed by atoms with Crippen molar-refractivity contribution in [3.8, 4) is 6.07 Å². The van der Waals surface area contributed by atoms with Gasteiger partial charge in [-0.05, 0) is 19.4 Å². The molecule has 0 aromatic carbocycles. The Labute approximate surface area is 84.5 Å². The van der Waals surface area contributed by atoms with Gasteiger partial charge in [0.2, 0.25) is 10.0 Å². The van der Waals surface area contributed by atoms with Gasteiger partial charge in [-0.25, -0.2) is 13.1 Å². The Bertz CT molecular complexity index is 314. The molecule has 0 saturated carbocycles. The van der Waals surface area contributed by atoms with E-state index in [9.17, 15) is 8.42 Å². The van der Waals surface area contributed by atoms with E-state index in [0.29, 0.717) is 13.0 Å². The van der Waals surface area contributed by atoms with Crippen molar-refractivity contribution in [1.82, 2.24) is 10.0 Å². The van der Waals surface area contributed by atoms with Gasteiger partial charge in [0.1, 0.15) is 0 Å². The molecule has 1 rings (SSSR count). The summed E-state index contributed by atoms with van der Waals surface area (Å²) in [4.78, 5) is 0. The van der Waals surface area contributed by atoms with Crippen LogP contribution >= 0.6 is 0 Å². The summed E-state index contributed by atoms with van der Waals surface area (Å²) in [5, 5.41) is 10.8. The summed E-state index contributed by atoms with van der Waals surface area (Å²) in [5.41, 5.74) is 0. The van der Waals surface area contributed by atoms with Gasteiger partial charge < -0.3 is 5.32 Å². The highest BCUT2D eigenvalue weighted by Crippen LogP contribution is 2.06. The average molecular weight is 217 g/mol. The maximum absolute atomic E-state index is 11.6. The van der Waals surface area contributed by atoms with Crippen LogP contribution in [0.4, 0.5) is 0 Å². The maximum Gasteiger partial charge on any atom is 0.228 e. The van der Waals surface area contributed by atoms with E-state index >= 15 is 0 Å². The van der Waals surface area contributed by atoms with Crippen LogP contribution in [0.3, 0.4) is 0 Å². The molecule has 1 aliphatic rings. The standard InChI is InChI=1S/C8H15N3O2S/c1-2-8(5-9)14(12,13)11-7-3-4-10-6-7/h7-8,10-11H,2-4,6H2,1H3. The van der Waals surface area contributed by atoms with Gasteiger partial charge in [-0.15, -0.1) is 0 Å². The molecule has 1 heterocycles. The van der Waals surface area contributed by atoms with E-state index in [1.54, 1.807) is 13.0 Å². The molecule has 80 valence electrons. The van der Waals surface area contributed by atoms with E-state index in [1.807, 2.05) is 0 Å². The lowest BCUT2D eigenvalue weighted by atomic mass is 10.3. The predicted molar refractivity (Wildman–Crippen MR) is 53.0 cm³/mol. The largest absolute Gasteiger partial charge is 0.315 e. The second-order valence-corrected chi connectivity index (χ2v) is 5.27. The maximum atomic E-state index is 11.6. The fourth-order valence-electron chi connectivity index (χ4n) is 1.45. The topological polar surface area (TPSA) is 82.0 Å². The lowest BCUT2D eigenvalue weighted by molar-refractivity contribution is 0.552. The normalized spacial score (nSPS) is 24.4. The zero-order valence-corrected chi connectivity index (χ0v) is 8.97. The summed E-state index contributed by atoms with van der Waals surface area (Å²) in [6.07, 6.45) is 1.12. The molecule has 0 aromatic heterocycles. The minimum Gasteiger partial charge on any atom is -0.315 e. The minimum absolute atomic E-state index is 0.0533. The molecule has 2 N–H and O–H groups in total. The quantitative estimate of drug-likeness (QED) is 0.669. The van der Waals surface area contributed by atoms with E-state index in [-0.39, 0.29) is 6.04 Å². The highest BCUT2D eigenvalue weighted by atomic mass is 32.2. The van der Waals surface area contributed by atoms with Gasteiger partial charge in [0, 0.05) is 12.6 Å². The molecule has 14 heavy (non-hydrogen) atoms. The highest BCUT2D eigenvalue weighted by Gasteiger charge is 2.27. The first-order valence-corrected chi connectivity index (χ1v) is 6.26. The van der Waals surface area contributed by atoms with Gasteiger partial charge in [0.05, 0.1) is 6.07 Å². The number of hydrogen-bond donors (Lipinski definition) is 2. The monoisotopic (exact) mass is 217 g/mol. The van der Waals surface area contributed by atoms with Crippen molar-refractivity contribution in [2.24, 2.45) is 0 Å². The Morgan fingerprint density at radius 2 is 2.43 bits per heavy atom. The van der Waals surface area contributed by atoms with E-state index in [2.05, 4.69) is 10.0 Å². The van der Waals surface area contributed by atoms with Gasteiger partial charge in [-0.3, -0.25) is 0 Å². The van der Waals surface area contributed by atoms with Crippen LogP contribution in [0.1, 0.15) is 19.8 Å². The van der Waals surface area contributed by atoms with Crippen molar-refractivity contribution < 1.29 is 8.42 Å². The second-order valence-electron chi connectivity index (χ2n) is 3.38. The van der Waals surface area contributed by atoms with E-state index in [0.717, 1.165) is 13.0 Å². The summed E-state index contributed by atoms with van der Waals surface area (Å²) in [7, 11) is -3.46. The zero-order chi connectivity index (χ0) is 10.6. The van der Waals surface area contributed by atoms with Crippen molar-refractivity contribution >= 4 is 10.0 Å². The Balaban J connectivity index is 2.61. The third-order valence-electron chi connectivity index (χ3n) is 2.28. The van der Waals surface area contributed by atoms with E-state index < -0.39 is 15.3 Å². The molecule has 0 radical (unpaired) electrons. The van der Waals surface area contributed by atoms with Gasteiger partial charge in [0.15, 0.2) is 5.25 Å². The molecule has 1 aliphatic heterocycles. The predicted octanol–water partition coefficient (Wildman–Crippen LogP) is -0.430. The molecule has 2 unspecified atom stereocenters. The third kappa shape index (κ3) is 2.67. The lowest BCUT2D eigenvalue weighted by Crippen LogP contribution is -2.41. The third-order valence-corrected chi connectivity index (χ3v) is 4.13. The van der Waals surface area contributed by atoms with Crippen molar-refractivity contribution in [1.29, 1.82) is 5.26 Å². The van der Waals surface area contributed by atoms with Gasteiger partial charge in [-0.2, -0.15) is 5.26 Å². The van der Waals surface area contributed by atoms with Crippen molar-refractivity contribution in [2.75, 3.05) is 13.1 Å². The highest BCUT2D eigenvalue weighted by molar-refractivity contribution is 7.90. The summed E-state index contributed by atoms with van der Waals surface area (Å²) < 4.78 is 25.7. The van der Waals surface area contributed by atoms with Crippen LogP contribution in [0.2, 0.25) is 0 Å². The molecule has 5 nitrogen and oxygen atoms in total. The fourth-order valence-corrected chi connectivity index (χ4v) is 2.86. The first-order valence-electron chi connectivity index (χ1n) is 4.71. The zero-order valence-electron chi connectivity index (χ0n) is 8.16. The molecular weight excluding hydrogens is 202 g/mol. The van der Waals surface area contributed by atoms with Crippen LogP contribution in [0.15, 0.2) is 0 Å².